The average Bonchev–Trinajstić information content (AvgIpc) is 2.57. The number of rotatable bonds is 3. The lowest BCUT2D eigenvalue weighted by atomic mass is 9.92. The maximum absolute atomic E-state index is 12.6. The highest BCUT2D eigenvalue weighted by molar-refractivity contribution is 6.05. The van der Waals surface area contributed by atoms with Gasteiger partial charge in [-0.2, -0.15) is 0 Å². The van der Waals surface area contributed by atoms with E-state index in [4.69, 9.17) is 14.2 Å². The van der Waals surface area contributed by atoms with Gasteiger partial charge in [-0.1, -0.05) is 0 Å². The van der Waals surface area contributed by atoms with Crippen molar-refractivity contribution in [2.45, 2.75) is 12.2 Å². The molecule has 0 saturated carbocycles. The second-order valence-electron chi connectivity index (χ2n) is 5.29. The Balaban J connectivity index is 2.11. The zero-order chi connectivity index (χ0) is 17.4. The Morgan fingerprint density at radius 2 is 1.67 bits per heavy atom. The first-order valence-corrected chi connectivity index (χ1v) is 7.13. The van der Waals surface area contributed by atoms with Crippen molar-refractivity contribution < 1.29 is 34.3 Å². The van der Waals surface area contributed by atoms with E-state index in [0.29, 0.717) is 5.56 Å². The largest absolute Gasteiger partial charge is 0.508 e. The molecule has 0 aliphatic carbocycles. The first-order chi connectivity index (χ1) is 11.5. The minimum absolute atomic E-state index is 0.0214. The smallest absolute Gasteiger partial charge is 0.202 e. The van der Waals surface area contributed by atoms with Crippen LogP contribution in [0.2, 0.25) is 0 Å². The predicted octanol–water partition coefficient (Wildman–Crippen LogP) is 1.79. The Kier molecular flexibility index (Phi) is 3.94. The molecule has 2 unspecified atom stereocenters. The molecule has 7 nitrogen and oxygen atoms in total. The Morgan fingerprint density at radius 1 is 1.00 bits per heavy atom. The van der Waals surface area contributed by atoms with Crippen molar-refractivity contribution >= 4 is 5.78 Å². The summed E-state index contributed by atoms with van der Waals surface area (Å²) in [6, 6.07) is 6.81. The van der Waals surface area contributed by atoms with Gasteiger partial charge in [0.15, 0.2) is 12.2 Å². The van der Waals surface area contributed by atoms with E-state index in [9.17, 15) is 20.1 Å². The van der Waals surface area contributed by atoms with E-state index in [1.165, 1.54) is 44.6 Å². The molecule has 0 bridgehead atoms. The van der Waals surface area contributed by atoms with Gasteiger partial charge in [0.1, 0.15) is 34.3 Å². The lowest BCUT2D eigenvalue weighted by molar-refractivity contribution is 0.0202. The number of ketones is 1. The summed E-state index contributed by atoms with van der Waals surface area (Å²) < 4.78 is 16.0. The summed E-state index contributed by atoms with van der Waals surface area (Å²) in [5.41, 5.74) is 0.459. The SMILES string of the molecule is COc1cc(O)ccc1C1Oc2cc(O)cc(OC)c2C(=O)C1O. The molecule has 0 aromatic heterocycles. The van der Waals surface area contributed by atoms with Crippen LogP contribution in [0.3, 0.4) is 0 Å². The number of benzene rings is 2. The molecule has 3 rings (SSSR count). The van der Waals surface area contributed by atoms with Gasteiger partial charge in [-0.15, -0.1) is 0 Å². The van der Waals surface area contributed by atoms with E-state index < -0.39 is 18.0 Å². The molecule has 1 heterocycles. The number of phenolic OH excluding ortho intramolecular Hbond substituents is 2. The van der Waals surface area contributed by atoms with Crippen molar-refractivity contribution in [3.63, 3.8) is 0 Å². The molecule has 1 aliphatic heterocycles. The molecule has 24 heavy (non-hydrogen) atoms. The molecular weight excluding hydrogens is 316 g/mol. The van der Waals surface area contributed by atoms with Crippen molar-refractivity contribution in [2.75, 3.05) is 14.2 Å². The highest BCUT2D eigenvalue weighted by Crippen LogP contribution is 2.44. The number of Topliss-reactive ketones (excluding diaryl/α,β-unsaturated/α-hetero) is 1. The first kappa shape index (κ1) is 15.9. The van der Waals surface area contributed by atoms with Crippen LogP contribution in [0.1, 0.15) is 22.0 Å². The molecule has 0 radical (unpaired) electrons. The van der Waals surface area contributed by atoms with Crippen molar-refractivity contribution in [1.29, 1.82) is 0 Å². The van der Waals surface area contributed by atoms with E-state index in [1.54, 1.807) is 0 Å². The number of hydrogen-bond acceptors (Lipinski definition) is 7. The van der Waals surface area contributed by atoms with Crippen LogP contribution >= 0.6 is 0 Å². The Morgan fingerprint density at radius 3 is 2.33 bits per heavy atom. The molecule has 2 aromatic carbocycles. The zero-order valence-electron chi connectivity index (χ0n) is 13.0. The van der Waals surface area contributed by atoms with Gasteiger partial charge in [-0.3, -0.25) is 4.79 Å². The van der Waals surface area contributed by atoms with Crippen LogP contribution in [0.4, 0.5) is 0 Å². The molecule has 0 amide bonds. The number of fused-ring (bicyclic) bond motifs is 1. The third-order valence-corrected chi connectivity index (χ3v) is 3.85. The van der Waals surface area contributed by atoms with E-state index in [1.807, 2.05) is 0 Å². The summed E-state index contributed by atoms with van der Waals surface area (Å²) >= 11 is 0. The van der Waals surface area contributed by atoms with Crippen molar-refractivity contribution in [3.8, 4) is 28.7 Å². The van der Waals surface area contributed by atoms with Crippen LogP contribution in [0, 0.1) is 0 Å². The fourth-order valence-electron chi connectivity index (χ4n) is 2.73. The minimum atomic E-state index is -1.49. The fraction of sp³-hybridized carbons (Fsp3) is 0.235. The van der Waals surface area contributed by atoms with Gasteiger partial charge >= 0.3 is 0 Å². The van der Waals surface area contributed by atoms with Gasteiger partial charge in [0, 0.05) is 23.8 Å². The average molecular weight is 332 g/mol. The highest BCUT2D eigenvalue weighted by Gasteiger charge is 2.40. The van der Waals surface area contributed by atoms with Crippen LogP contribution in [-0.2, 0) is 0 Å². The molecule has 2 atom stereocenters. The fourth-order valence-corrected chi connectivity index (χ4v) is 2.73. The number of aliphatic hydroxyl groups is 1. The van der Waals surface area contributed by atoms with Gasteiger partial charge < -0.3 is 29.5 Å². The van der Waals surface area contributed by atoms with Gasteiger partial charge in [0.25, 0.3) is 0 Å². The lowest BCUT2D eigenvalue weighted by Gasteiger charge is -2.31. The topological polar surface area (TPSA) is 105 Å². The van der Waals surface area contributed by atoms with Gasteiger partial charge in [-0.25, -0.2) is 0 Å². The summed E-state index contributed by atoms with van der Waals surface area (Å²) in [7, 11) is 2.75. The Labute approximate surface area is 137 Å². The normalized spacial score (nSPS) is 19.4. The molecule has 0 saturated heterocycles. The molecule has 2 aromatic rings. The Bertz CT molecular complexity index is 800. The third-order valence-electron chi connectivity index (χ3n) is 3.85. The minimum Gasteiger partial charge on any atom is -0.508 e. The number of ether oxygens (including phenoxy) is 3. The number of carbonyl (C=O) groups excluding carboxylic acids is 1. The number of hydrogen-bond donors (Lipinski definition) is 3. The molecule has 3 N–H and O–H groups in total. The third kappa shape index (κ3) is 2.48. The molecule has 7 heteroatoms. The number of methoxy groups -OCH3 is 2. The maximum Gasteiger partial charge on any atom is 0.202 e. The molecular formula is C17H16O7. The van der Waals surface area contributed by atoms with Crippen LogP contribution in [-0.4, -0.2) is 41.4 Å². The summed E-state index contributed by atoms with van der Waals surface area (Å²) in [5.74, 6) is -0.263. The molecule has 0 spiro atoms. The predicted molar refractivity (Wildman–Crippen MR) is 83.0 cm³/mol. The van der Waals surface area contributed by atoms with Crippen molar-refractivity contribution in [3.05, 3.63) is 41.5 Å². The summed E-state index contributed by atoms with van der Waals surface area (Å²) in [6.45, 7) is 0. The van der Waals surface area contributed by atoms with E-state index in [0.717, 1.165) is 0 Å². The number of phenols is 2. The van der Waals surface area contributed by atoms with Crippen LogP contribution in [0.5, 0.6) is 28.7 Å². The highest BCUT2D eigenvalue weighted by atomic mass is 16.5. The Hall–Kier alpha value is -2.93. The second kappa shape index (κ2) is 5.93. The quantitative estimate of drug-likeness (QED) is 0.787. The van der Waals surface area contributed by atoms with Gasteiger partial charge in [0.2, 0.25) is 5.78 Å². The molecule has 1 aliphatic rings. The van der Waals surface area contributed by atoms with E-state index in [-0.39, 0.29) is 34.3 Å². The van der Waals surface area contributed by atoms with Gasteiger partial charge in [-0.05, 0) is 12.1 Å². The maximum atomic E-state index is 12.6. The monoisotopic (exact) mass is 332 g/mol. The number of carbonyl (C=O) groups is 1. The van der Waals surface area contributed by atoms with E-state index in [2.05, 4.69) is 0 Å². The first-order valence-electron chi connectivity index (χ1n) is 7.13. The summed E-state index contributed by atoms with van der Waals surface area (Å²) in [6.07, 6.45) is -2.54. The molecule has 0 fully saturated rings. The van der Waals surface area contributed by atoms with Crippen molar-refractivity contribution in [2.24, 2.45) is 0 Å². The van der Waals surface area contributed by atoms with Crippen LogP contribution < -0.4 is 14.2 Å². The second-order valence-corrected chi connectivity index (χ2v) is 5.29. The zero-order valence-corrected chi connectivity index (χ0v) is 13.0. The molecule has 126 valence electrons. The van der Waals surface area contributed by atoms with Gasteiger partial charge in [0.05, 0.1) is 14.2 Å². The van der Waals surface area contributed by atoms with Crippen LogP contribution in [0.15, 0.2) is 30.3 Å². The number of aromatic hydroxyl groups is 2. The van der Waals surface area contributed by atoms with E-state index >= 15 is 0 Å². The lowest BCUT2D eigenvalue weighted by Crippen LogP contribution is -2.36. The van der Waals surface area contributed by atoms with Crippen LogP contribution in [0.25, 0.3) is 0 Å². The van der Waals surface area contributed by atoms with Crippen molar-refractivity contribution in [1.82, 2.24) is 0 Å². The standard InChI is InChI=1S/C17H16O7/c1-22-11-5-8(18)3-4-10(11)17-16(21)15(20)14-12(23-2)6-9(19)7-13(14)24-17/h3-7,16-19,21H,1-2H3. The summed E-state index contributed by atoms with van der Waals surface area (Å²) in [5, 5.41) is 29.7. The number of aliphatic hydroxyl groups excluding tert-OH is 1. The summed E-state index contributed by atoms with van der Waals surface area (Å²) in [4.78, 5) is 12.6.